The number of benzene rings is 1. The lowest BCUT2D eigenvalue weighted by Gasteiger charge is -2.10. The highest BCUT2D eigenvalue weighted by atomic mass is 35.5. The zero-order valence-electron chi connectivity index (χ0n) is 15.2. The molecule has 0 aliphatic heterocycles. The molecule has 0 aliphatic carbocycles. The quantitative estimate of drug-likeness (QED) is 0.636. The first-order chi connectivity index (χ1) is 13.5. The number of pyridine rings is 2. The summed E-state index contributed by atoms with van der Waals surface area (Å²) >= 11 is 6.32. The average molecular weight is 401 g/mol. The number of rotatable bonds is 6. The molecule has 1 N–H and O–H groups in total. The van der Waals surface area contributed by atoms with E-state index < -0.39 is 11.8 Å². The van der Waals surface area contributed by atoms with E-state index in [1.807, 2.05) is 0 Å². The molecule has 5 nitrogen and oxygen atoms in total. The lowest BCUT2D eigenvalue weighted by atomic mass is 10.00. The van der Waals surface area contributed by atoms with Gasteiger partial charge in [0, 0.05) is 42.0 Å². The van der Waals surface area contributed by atoms with Crippen molar-refractivity contribution >= 4 is 17.6 Å². The van der Waals surface area contributed by atoms with Crippen molar-refractivity contribution in [1.29, 1.82) is 0 Å². The van der Waals surface area contributed by atoms with Crippen LogP contribution in [-0.2, 0) is 17.6 Å². The Labute approximate surface area is 166 Å². The van der Waals surface area contributed by atoms with Gasteiger partial charge in [0.25, 0.3) is 5.56 Å². The van der Waals surface area contributed by atoms with Gasteiger partial charge >= 0.3 is 5.97 Å². The number of nitrogens with one attached hydrogen (secondary N) is 1. The molecule has 144 valence electrons. The summed E-state index contributed by atoms with van der Waals surface area (Å²) < 4.78 is 19.6. The van der Waals surface area contributed by atoms with Gasteiger partial charge in [0.1, 0.15) is 5.82 Å². The maximum atomic E-state index is 14.6. The Morgan fingerprint density at radius 1 is 1.18 bits per heavy atom. The second-order valence-corrected chi connectivity index (χ2v) is 6.62. The van der Waals surface area contributed by atoms with Crippen LogP contribution in [0.25, 0.3) is 0 Å². The maximum Gasteiger partial charge on any atom is 0.339 e. The molecule has 3 rings (SSSR count). The van der Waals surface area contributed by atoms with Crippen molar-refractivity contribution < 1.29 is 13.9 Å². The topological polar surface area (TPSA) is 72.0 Å². The molecule has 0 radical (unpaired) electrons. The lowest BCUT2D eigenvalue weighted by Crippen LogP contribution is -2.11. The number of carbonyl (C=O) groups is 1. The molecular weight excluding hydrogens is 383 g/mol. The van der Waals surface area contributed by atoms with Gasteiger partial charge in [-0.1, -0.05) is 17.7 Å². The van der Waals surface area contributed by atoms with Gasteiger partial charge in [-0.25, -0.2) is 9.18 Å². The van der Waals surface area contributed by atoms with Crippen molar-refractivity contribution in [2.24, 2.45) is 0 Å². The Bertz CT molecular complexity index is 1070. The number of carbonyl (C=O) groups excluding carboxylic acids is 1. The van der Waals surface area contributed by atoms with E-state index in [1.54, 1.807) is 37.4 Å². The molecular formula is C21H18ClFN2O3. The number of nitrogens with zero attached hydrogens (tertiary/aromatic N) is 1. The summed E-state index contributed by atoms with van der Waals surface area (Å²) in [7, 11) is 0. The van der Waals surface area contributed by atoms with Crippen LogP contribution in [0.2, 0.25) is 5.02 Å². The third-order valence-electron chi connectivity index (χ3n) is 4.20. The summed E-state index contributed by atoms with van der Waals surface area (Å²) in [5.74, 6) is -0.910. The summed E-state index contributed by atoms with van der Waals surface area (Å²) in [4.78, 5) is 30.3. The number of esters is 1. The smallest absolute Gasteiger partial charge is 0.339 e. The van der Waals surface area contributed by atoms with Gasteiger partial charge in [-0.3, -0.25) is 9.78 Å². The van der Waals surface area contributed by atoms with E-state index >= 15 is 0 Å². The van der Waals surface area contributed by atoms with E-state index in [2.05, 4.69) is 9.97 Å². The molecule has 0 amide bonds. The van der Waals surface area contributed by atoms with Crippen molar-refractivity contribution in [3.8, 4) is 0 Å². The largest absolute Gasteiger partial charge is 0.462 e. The summed E-state index contributed by atoms with van der Waals surface area (Å²) in [6.07, 6.45) is 4.96. The normalized spacial score (nSPS) is 10.7. The molecule has 0 bridgehead atoms. The summed E-state index contributed by atoms with van der Waals surface area (Å²) in [6.45, 7) is 1.98. The second-order valence-electron chi connectivity index (χ2n) is 6.22. The van der Waals surface area contributed by atoms with Crippen LogP contribution in [0.1, 0.15) is 39.5 Å². The van der Waals surface area contributed by atoms with Crippen molar-refractivity contribution in [2.45, 2.75) is 19.8 Å². The number of halogens is 2. The minimum atomic E-state index is -0.473. The molecule has 0 spiro atoms. The maximum absolute atomic E-state index is 14.6. The number of hydrogen-bond donors (Lipinski definition) is 1. The van der Waals surface area contributed by atoms with Gasteiger partial charge in [0.15, 0.2) is 0 Å². The fraction of sp³-hybridized carbons (Fsp3) is 0.190. The summed E-state index contributed by atoms with van der Waals surface area (Å²) in [5, 5.41) is 0.370. The first kappa shape index (κ1) is 19.8. The Kier molecular flexibility index (Phi) is 6.21. The Morgan fingerprint density at radius 2 is 2.00 bits per heavy atom. The monoisotopic (exact) mass is 400 g/mol. The van der Waals surface area contributed by atoms with Crippen LogP contribution >= 0.6 is 11.6 Å². The third-order valence-corrected chi connectivity index (χ3v) is 4.55. The molecule has 0 unspecified atom stereocenters. The average Bonchev–Trinajstić information content (AvgIpc) is 2.68. The van der Waals surface area contributed by atoms with E-state index in [1.165, 1.54) is 18.5 Å². The second kappa shape index (κ2) is 8.80. The van der Waals surface area contributed by atoms with Crippen molar-refractivity contribution in [3.05, 3.63) is 97.9 Å². The Hall–Kier alpha value is -2.99. The minimum absolute atomic E-state index is 0.220. The van der Waals surface area contributed by atoms with Gasteiger partial charge in [-0.05, 0) is 47.9 Å². The van der Waals surface area contributed by atoms with Crippen LogP contribution in [0, 0.1) is 5.82 Å². The molecule has 0 fully saturated rings. The molecule has 2 aromatic heterocycles. The van der Waals surface area contributed by atoms with E-state index in [0.29, 0.717) is 32.8 Å². The van der Waals surface area contributed by atoms with Crippen molar-refractivity contribution in [3.63, 3.8) is 0 Å². The Balaban J connectivity index is 1.83. The number of aromatic nitrogens is 2. The third kappa shape index (κ3) is 4.64. The zero-order valence-corrected chi connectivity index (χ0v) is 15.9. The molecule has 7 heteroatoms. The van der Waals surface area contributed by atoms with Crippen molar-refractivity contribution in [1.82, 2.24) is 9.97 Å². The number of H-pyrrole nitrogens is 1. The molecule has 0 saturated carbocycles. The van der Waals surface area contributed by atoms with Crippen LogP contribution < -0.4 is 5.56 Å². The molecule has 0 aliphatic rings. The highest BCUT2D eigenvalue weighted by Crippen LogP contribution is 2.24. The lowest BCUT2D eigenvalue weighted by molar-refractivity contribution is 0.0525. The van der Waals surface area contributed by atoms with Gasteiger partial charge in [-0.15, -0.1) is 0 Å². The number of hydrogen-bond acceptors (Lipinski definition) is 4. The van der Waals surface area contributed by atoms with E-state index in [9.17, 15) is 14.0 Å². The van der Waals surface area contributed by atoms with Gasteiger partial charge in [0.2, 0.25) is 0 Å². The first-order valence-electron chi connectivity index (χ1n) is 8.72. The molecule has 1 aromatic carbocycles. The zero-order chi connectivity index (χ0) is 20.1. The van der Waals surface area contributed by atoms with E-state index in [4.69, 9.17) is 16.3 Å². The number of ether oxygens (including phenoxy) is 1. The summed E-state index contributed by atoms with van der Waals surface area (Å²) in [6, 6.07) is 7.88. The summed E-state index contributed by atoms with van der Waals surface area (Å²) in [5.41, 5.74) is 2.14. The van der Waals surface area contributed by atoms with Crippen LogP contribution in [0.4, 0.5) is 4.39 Å². The highest BCUT2D eigenvalue weighted by molar-refractivity contribution is 6.31. The van der Waals surface area contributed by atoms with E-state index in [-0.39, 0.29) is 25.0 Å². The van der Waals surface area contributed by atoms with Crippen molar-refractivity contribution in [2.75, 3.05) is 6.61 Å². The molecule has 0 saturated heterocycles. The molecule has 2 heterocycles. The standard InChI is InChI=1S/C21H18ClFN2O3/c1-2-28-21(27)17-7-13(11-24-12-17)6-16-9-18(22)15(10-19(16)23)8-14-4-3-5-25-20(14)26/h3-5,7,9-12H,2,6,8H2,1H3,(H,25,26). The molecule has 3 aromatic rings. The van der Waals surface area contributed by atoms with Crippen LogP contribution in [-0.4, -0.2) is 22.5 Å². The number of aromatic amines is 1. The van der Waals surface area contributed by atoms with Gasteiger partial charge < -0.3 is 9.72 Å². The van der Waals surface area contributed by atoms with Crippen LogP contribution in [0.3, 0.4) is 0 Å². The predicted octanol–water partition coefficient (Wildman–Crippen LogP) is 3.92. The van der Waals surface area contributed by atoms with Gasteiger partial charge in [0.05, 0.1) is 12.2 Å². The molecule has 0 atom stereocenters. The van der Waals surface area contributed by atoms with Gasteiger partial charge in [-0.2, -0.15) is 0 Å². The first-order valence-corrected chi connectivity index (χ1v) is 9.10. The molecule has 28 heavy (non-hydrogen) atoms. The SMILES string of the molecule is CCOC(=O)c1cncc(Cc2cc(Cl)c(Cc3ccc[nH]c3=O)cc2F)c1. The predicted molar refractivity (Wildman–Crippen MR) is 104 cm³/mol. The van der Waals surface area contributed by atoms with Crippen LogP contribution in [0.15, 0.2) is 53.7 Å². The van der Waals surface area contributed by atoms with E-state index in [0.717, 1.165) is 0 Å². The Morgan fingerprint density at radius 3 is 2.75 bits per heavy atom. The minimum Gasteiger partial charge on any atom is -0.462 e. The fourth-order valence-corrected chi connectivity index (χ4v) is 3.08. The fourth-order valence-electron chi connectivity index (χ4n) is 2.83. The highest BCUT2D eigenvalue weighted by Gasteiger charge is 2.13. The van der Waals surface area contributed by atoms with Crippen LogP contribution in [0.5, 0.6) is 0 Å².